The molecule has 3 heterocycles. The Morgan fingerprint density at radius 1 is 1.24 bits per heavy atom. The highest BCUT2D eigenvalue weighted by atomic mass is 19.3. The van der Waals surface area contributed by atoms with Crippen LogP contribution in [0.15, 0.2) is 36.7 Å². The molecule has 0 spiro atoms. The first-order chi connectivity index (χ1) is 14.0. The summed E-state index contributed by atoms with van der Waals surface area (Å²) in [5.41, 5.74) is 1.97. The molecule has 0 saturated carbocycles. The summed E-state index contributed by atoms with van der Waals surface area (Å²) in [4.78, 5) is 13.1. The average molecular weight is 403 g/mol. The number of benzene rings is 1. The number of halogens is 3. The summed E-state index contributed by atoms with van der Waals surface area (Å²) >= 11 is 0. The summed E-state index contributed by atoms with van der Waals surface area (Å²) in [6, 6.07) is 6.18. The van der Waals surface area contributed by atoms with Crippen LogP contribution in [-0.2, 0) is 0 Å². The minimum absolute atomic E-state index is 0.0269. The maximum atomic E-state index is 14.2. The molecule has 3 aromatic rings. The fourth-order valence-electron chi connectivity index (χ4n) is 3.40. The molecule has 6 nitrogen and oxygen atoms in total. The zero-order chi connectivity index (χ0) is 20.4. The SMILES string of the molecule is COc1ccc(-c2cc3nccnc3c(NCC3CNCCC3(F)F)n2)cc1F. The number of nitrogens with one attached hydrogen (secondary N) is 2. The number of piperidine rings is 1. The van der Waals surface area contributed by atoms with E-state index in [1.807, 2.05) is 0 Å². The second kappa shape index (κ2) is 7.82. The maximum absolute atomic E-state index is 14.2. The van der Waals surface area contributed by atoms with Gasteiger partial charge in [0.15, 0.2) is 17.4 Å². The van der Waals surface area contributed by atoms with E-state index < -0.39 is 17.7 Å². The van der Waals surface area contributed by atoms with Crippen LogP contribution in [0.1, 0.15) is 6.42 Å². The van der Waals surface area contributed by atoms with E-state index in [1.165, 1.54) is 31.6 Å². The van der Waals surface area contributed by atoms with Gasteiger partial charge in [-0.1, -0.05) is 0 Å². The molecule has 0 aliphatic carbocycles. The topological polar surface area (TPSA) is 72.0 Å². The van der Waals surface area contributed by atoms with Crippen molar-refractivity contribution < 1.29 is 17.9 Å². The Balaban J connectivity index is 1.68. The van der Waals surface area contributed by atoms with Crippen molar-refractivity contribution in [2.75, 3.05) is 32.1 Å². The van der Waals surface area contributed by atoms with Gasteiger partial charge in [0, 0.05) is 44.0 Å². The number of nitrogens with zero attached hydrogens (tertiary/aromatic N) is 3. The van der Waals surface area contributed by atoms with Crippen LogP contribution in [0.3, 0.4) is 0 Å². The van der Waals surface area contributed by atoms with Gasteiger partial charge in [-0.05, 0) is 24.3 Å². The van der Waals surface area contributed by atoms with E-state index in [2.05, 4.69) is 25.6 Å². The van der Waals surface area contributed by atoms with Crippen LogP contribution in [0.4, 0.5) is 19.0 Å². The predicted octanol–water partition coefficient (Wildman–Crippen LogP) is 3.50. The van der Waals surface area contributed by atoms with E-state index in [4.69, 9.17) is 4.74 Å². The Morgan fingerprint density at radius 3 is 2.83 bits per heavy atom. The van der Waals surface area contributed by atoms with Crippen molar-refractivity contribution in [2.45, 2.75) is 12.3 Å². The molecule has 0 amide bonds. The second-order valence-electron chi connectivity index (χ2n) is 6.92. The summed E-state index contributed by atoms with van der Waals surface area (Å²) in [7, 11) is 1.39. The normalized spacial score (nSPS) is 18.6. The molecule has 152 valence electrons. The number of hydrogen-bond donors (Lipinski definition) is 2. The Labute approximate surface area is 165 Å². The van der Waals surface area contributed by atoms with E-state index in [9.17, 15) is 13.2 Å². The quantitative estimate of drug-likeness (QED) is 0.680. The number of ether oxygens (including phenoxy) is 1. The molecule has 1 saturated heterocycles. The van der Waals surface area contributed by atoms with Crippen LogP contribution in [0.5, 0.6) is 5.75 Å². The van der Waals surface area contributed by atoms with Crippen LogP contribution in [-0.4, -0.2) is 47.6 Å². The summed E-state index contributed by atoms with van der Waals surface area (Å²) in [5.74, 6) is -3.68. The van der Waals surface area contributed by atoms with E-state index in [0.717, 1.165) is 0 Å². The molecule has 1 aliphatic rings. The lowest BCUT2D eigenvalue weighted by Crippen LogP contribution is -2.47. The number of aromatic nitrogens is 3. The van der Waals surface area contributed by atoms with Crippen molar-refractivity contribution in [3.8, 4) is 17.0 Å². The molecule has 1 unspecified atom stereocenters. The molecule has 0 radical (unpaired) electrons. The Kier molecular flexibility index (Phi) is 5.23. The highest BCUT2D eigenvalue weighted by Gasteiger charge is 2.41. The van der Waals surface area contributed by atoms with Crippen LogP contribution < -0.4 is 15.4 Å². The third-order valence-corrected chi connectivity index (χ3v) is 5.04. The summed E-state index contributed by atoms with van der Waals surface area (Å²) in [6.45, 7) is 0.542. The average Bonchev–Trinajstić information content (AvgIpc) is 2.72. The number of fused-ring (bicyclic) bond motifs is 1. The van der Waals surface area contributed by atoms with Crippen LogP contribution in [0, 0.1) is 11.7 Å². The standard InChI is InChI=1S/C20H20F3N5O/c1-29-17-3-2-12(8-14(17)21)15-9-16-18(26-7-6-25-16)19(28-15)27-11-13-10-24-5-4-20(13,22)23/h2-3,6-9,13,24H,4-5,10-11H2,1H3,(H,27,28). The molecule has 1 aliphatic heterocycles. The van der Waals surface area contributed by atoms with Gasteiger partial charge in [0.25, 0.3) is 5.92 Å². The lowest BCUT2D eigenvalue weighted by Gasteiger charge is -2.32. The monoisotopic (exact) mass is 403 g/mol. The first-order valence-electron chi connectivity index (χ1n) is 9.26. The molecule has 4 rings (SSSR count). The van der Waals surface area contributed by atoms with Gasteiger partial charge >= 0.3 is 0 Å². The van der Waals surface area contributed by atoms with Gasteiger partial charge in [0.2, 0.25) is 0 Å². The van der Waals surface area contributed by atoms with Crippen molar-refractivity contribution in [2.24, 2.45) is 5.92 Å². The smallest absolute Gasteiger partial charge is 0.255 e. The van der Waals surface area contributed by atoms with Gasteiger partial charge < -0.3 is 15.4 Å². The Morgan fingerprint density at radius 2 is 2.07 bits per heavy atom. The zero-order valence-corrected chi connectivity index (χ0v) is 15.8. The number of pyridine rings is 1. The molecule has 2 N–H and O–H groups in total. The van der Waals surface area contributed by atoms with Crippen molar-refractivity contribution in [1.29, 1.82) is 0 Å². The molecule has 2 aromatic heterocycles. The van der Waals surface area contributed by atoms with Crippen LogP contribution in [0.25, 0.3) is 22.3 Å². The molecule has 0 bridgehead atoms. The fraction of sp³-hybridized carbons (Fsp3) is 0.350. The minimum atomic E-state index is -2.75. The Bertz CT molecular complexity index is 1030. The van der Waals surface area contributed by atoms with Crippen LogP contribution >= 0.6 is 0 Å². The molecule has 29 heavy (non-hydrogen) atoms. The van der Waals surface area contributed by atoms with Gasteiger partial charge in [-0.2, -0.15) is 0 Å². The van der Waals surface area contributed by atoms with Crippen LogP contribution in [0.2, 0.25) is 0 Å². The Hall–Kier alpha value is -2.94. The number of anilines is 1. The highest BCUT2D eigenvalue weighted by molar-refractivity contribution is 5.88. The fourth-order valence-corrected chi connectivity index (χ4v) is 3.40. The van der Waals surface area contributed by atoms with E-state index in [1.54, 1.807) is 12.1 Å². The third-order valence-electron chi connectivity index (χ3n) is 5.04. The van der Waals surface area contributed by atoms with Crippen molar-refractivity contribution in [1.82, 2.24) is 20.3 Å². The molecule has 9 heteroatoms. The largest absolute Gasteiger partial charge is 0.494 e. The molecule has 1 atom stereocenters. The number of rotatable bonds is 5. The lowest BCUT2D eigenvalue weighted by molar-refractivity contribution is -0.0728. The maximum Gasteiger partial charge on any atom is 0.255 e. The van der Waals surface area contributed by atoms with E-state index in [0.29, 0.717) is 34.7 Å². The summed E-state index contributed by atoms with van der Waals surface area (Å²) in [5, 5.41) is 6.00. The first-order valence-corrected chi connectivity index (χ1v) is 9.26. The molecule has 1 fully saturated rings. The minimum Gasteiger partial charge on any atom is -0.494 e. The van der Waals surface area contributed by atoms with Crippen molar-refractivity contribution >= 4 is 16.9 Å². The summed E-state index contributed by atoms with van der Waals surface area (Å²) in [6.07, 6.45) is 2.85. The van der Waals surface area contributed by atoms with Gasteiger partial charge in [-0.3, -0.25) is 4.98 Å². The van der Waals surface area contributed by atoms with Crippen molar-refractivity contribution in [3.05, 3.63) is 42.5 Å². The van der Waals surface area contributed by atoms with E-state index >= 15 is 0 Å². The number of alkyl halides is 2. The molecular weight excluding hydrogens is 383 g/mol. The third kappa shape index (κ3) is 3.95. The van der Waals surface area contributed by atoms with Crippen molar-refractivity contribution in [3.63, 3.8) is 0 Å². The van der Waals surface area contributed by atoms with E-state index in [-0.39, 0.29) is 25.3 Å². The van der Waals surface area contributed by atoms with Gasteiger partial charge in [0.05, 0.1) is 24.2 Å². The highest BCUT2D eigenvalue weighted by Crippen LogP contribution is 2.32. The number of hydrogen-bond acceptors (Lipinski definition) is 6. The van der Waals surface area contributed by atoms with Gasteiger partial charge in [-0.25, -0.2) is 23.1 Å². The molecule has 1 aromatic carbocycles. The lowest BCUT2D eigenvalue weighted by atomic mass is 9.95. The van der Waals surface area contributed by atoms with Gasteiger partial charge in [-0.15, -0.1) is 0 Å². The predicted molar refractivity (Wildman–Crippen MR) is 104 cm³/mol. The second-order valence-corrected chi connectivity index (χ2v) is 6.92. The van der Waals surface area contributed by atoms with Gasteiger partial charge in [0.1, 0.15) is 5.52 Å². The molecular formula is C20H20F3N5O. The first kappa shape index (κ1) is 19.4. The number of methoxy groups -OCH3 is 1. The zero-order valence-electron chi connectivity index (χ0n) is 15.8. The summed E-state index contributed by atoms with van der Waals surface area (Å²) < 4.78 is 47.4.